The molecular weight excluding hydrogens is 266 g/mol. The highest BCUT2D eigenvalue weighted by Crippen LogP contribution is 2.45. The molecule has 0 radical (unpaired) electrons. The Hall–Kier alpha value is -2.10. The van der Waals surface area contributed by atoms with Gasteiger partial charge in [0.15, 0.2) is 0 Å². The van der Waals surface area contributed by atoms with Crippen molar-refractivity contribution in [2.75, 3.05) is 5.32 Å². The van der Waals surface area contributed by atoms with Crippen molar-refractivity contribution in [1.82, 2.24) is 0 Å². The van der Waals surface area contributed by atoms with Crippen LogP contribution in [0.4, 0.5) is 5.69 Å². The molecule has 1 saturated carbocycles. The van der Waals surface area contributed by atoms with Crippen LogP contribution >= 0.6 is 0 Å². The van der Waals surface area contributed by atoms with Gasteiger partial charge in [0.25, 0.3) is 12.4 Å². The van der Waals surface area contributed by atoms with Gasteiger partial charge in [-0.15, -0.1) is 0 Å². The first-order chi connectivity index (χ1) is 10.1. The number of hydrogen-bond donors (Lipinski definition) is 1. The molecular formula is C17H19NO3. The van der Waals surface area contributed by atoms with Crippen molar-refractivity contribution in [1.29, 1.82) is 0 Å². The van der Waals surface area contributed by atoms with Crippen LogP contribution in [0.3, 0.4) is 0 Å². The SMILES string of the molecule is Cc1ccc(C)c(NC(=O)C2=CC3CC(OC=O)C2C3)c1. The molecule has 1 amide bonds. The molecule has 4 nitrogen and oxygen atoms in total. The fourth-order valence-electron chi connectivity index (χ4n) is 3.41. The van der Waals surface area contributed by atoms with E-state index in [2.05, 4.69) is 5.32 Å². The van der Waals surface area contributed by atoms with E-state index < -0.39 is 0 Å². The summed E-state index contributed by atoms with van der Waals surface area (Å²) in [7, 11) is 0. The number of benzene rings is 1. The Kier molecular flexibility index (Phi) is 3.53. The molecule has 3 rings (SSSR count). The zero-order valence-corrected chi connectivity index (χ0v) is 12.3. The van der Waals surface area contributed by atoms with Gasteiger partial charge in [-0.05, 0) is 49.8 Å². The van der Waals surface area contributed by atoms with Gasteiger partial charge in [-0.1, -0.05) is 18.2 Å². The van der Waals surface area contributed by atoms with Crippen LogP contribution in [0.25, 0.3) is 0 Å². The van der Waals surface area contributed by atoms with E-state index in [-0.39, 0.29) is 17.9 Å². The lowest BCUT2D eigenvalue weighted by atomic mass is 9.94. The molecule has 0 aliphatic heterocycles. The fraction of sp³-hybridized carbons (Fsp3) is 0.412. The molecule has 0 heterocycles. The molecule has 1 aromatic carbocycles. The van der Waals surface area contributed by atoms with Gasteiger partial charge >= 0.3 is 0 Å². The van der Waals surface area contributed by atoms with Crippen LogP contribution < -0.4 is 5.32 Å². The highest BCUT2D eigenvalue weighted by molar-refractivity contribution is 6.05. The molecule has 0 spiro atoms. The lowest BCUT2D eigenvalue weighted by Crippen LogP contribution is -2.27. The third kappa shape index (κ3) is 2.58. The van der Waals surface area contributed by atoms with Crippen LogP contribution in [-0.2, 0) is 14.3 Å². The van der Waals surface area contributed by atoms with E-state index in [0.29, 0.717) is 12.4 Å². The summed E-state index contributed by atoms with van der Waals surface area (Å²) in [5.41, 5.74) is 3.76. The number of rotatable bonds is 4. The van der Waals surface area contributed by atoms with Crippen LogP contribution in [0.2, 0.25) is 0 Å². The Bertz CT molecular complexity index is 620. The van der Waals surface area contributed by atoms with Gasteiger partial charge in [-0.25, -0.2) is 0 Å². The zero-order chi connectivity index (χ0) is 15.0. The molecule has 3 atom stereocenters. The Labute approximate surface area is 124 Å². The second-order valence-electron chi connectivity index (χ2n) is 6.00. The minimum absolute atomic E-state index is 0.0466. The van der Waals surface area contributed by atoms with Gasteiger partial charge in [0.05, 0.1) is 0 Å². The van der Waals surface area contributed by atoms with E-state index in [4.69, 9.17) is 4.74 Å². The highest BCUT2D eigenvalue weighted by Gasteiger charge is 2.44. The summed E-state index contributed by atoms with van der Waals surface area (Å²) in [4.78, 5) is 23.0. The maximum Gasteiger partial charge on any atom is 0.293 e. The number of aryl methyl sites for hydroxylation is 2. The van der Waals surface area contributed by atoms with Crippen molar-refractivity contribution < 1.29 is 14.3 Å². The van der Waals surface area contributed by atoms with Crippen molar-refractivity contribution in [2.45, 2.75) is 32.8 Å². The van der Waals surface area contributed by atoms with E-state index in [1.165, 1.54) is 0 Å². The number of carbonyl (C=O) groups excluding carboxylic acids is 2. The lowest BCUT2D eigenvalue weighted by Gasteiger charge is -2.21. The minimum Gasteiger partial charge on any atom is -0.464 e. The number of allylic oxidation sites excluding steroid dienone is 1. The number of ether oxygens (including phenoxy) is 1. The minimum atomic E-state index is -0.142. The van der Waals surface area contributed by atoms with Gasteiger partial charge in [-0.3, -0.25) is 9.59 Å². The third-order valence-corrected chi connectivity index (χ3v) is 4.49. The number of carbonyl (C=O) groups is 2. The number of amides is 1. The van der Waals surface area contributed by atoms with Crippen molar-refractivity contribution in [3.8, 4) is 0 Å². The first kappa shape index (κ1) is 13.9. The van der Waals surface area contributed by atoms with Crippen LogP contribution in [0.5, 0.6) is 0 Å². The maximum absolute atomic E-state index is 12.5. The first-order valence-corrected chi connectivity index (χ1v) is 7.28. The van der Waals surface area contributed by atoms with Crippen LogP contribution in [0.15, 0.2) is 29.8 Å². The second-order valence-corrected chi connectivity index (χ2v) is 6.00. The monoisotopic (exact) mass is 285 g/mol. The summed E-state index contributed by atoms with van der Waals surface area (Å²) in [5.74, 6) is 0.333. The molecule has 2 bridgehead atoms. The molecule has 1 fully saturated rings. The average Bonchev–Trinajstić information content (AvgIpc) is 3.03. The molecule has 2 aliphatic rings. The maximum atomic E-state index is 12.5. The Morgan fingerprint density at radius 3 is 2.86 bits per heavy atom. The molecule has 2 aliphatic carbocycles. The van der Waals surface area contributed by atoms with E-state index in [1.807, 2.05) is 38.1 Å². The van der Waals surface area contributed by atoms with E-state index in [0.717, 1.165) is 35.2 Å². The summed E-state index contributed by atoms with van der Waals surface area (Å²) < 4.78 is 5.11. The van der Waals surface area contributed by atoms with Gasteiger partial charge in [0.1, 0.15) is 6.10 Å². The zero-order valence-electron chi connectivity index (χ0n) is 12.3. The number of anilines is 1. The number of hydrogen-bond acceptors (Lipinski definition) is 3. The van der Waals surface area contributed by atoms with Crippen molar-refractivity contribution in [3.05, 3.63) is 41.0 Å². The normalized spacial score (nSPS) is 26.4. The van der Waals surface area contributed by atoms with Crippen LogP contribution in [0, 0.1) is 25.7 Å². The van der Waals surface area contributed by atoms with Crippen molar-refractivity contribution in [2.24, 2.45) is 11.8 Å². The topological polar surface area (TPSA) is 55.4 Å². The predicted octanol–water partition coefficient (Wildman–Crippen LogP) is 2.75. The van der Waals surface area contributed by atoms with Gasteiger partial charge in [0, 0.05) is 17.2 Å². The Balaban J connectivity index is 1.76. The summed E-state index contributed by atoms with van der Waals surface area (Å²) >= 11 is 0. The fourth-order valence-corrected chi connectivity index (χ4v) is 3.41. The predicted molar refractivity (Wildman–Crippen MR) is 79.8 cm³/mol. The smallest absolute Gasteiger partial charge is 0.293 e. The molecule has 3 unspecified atom stereocenters. The highest BCUT2D eigenvalue weighted by atomic mass is 16.5. The summed E-state index contributed by atoms with van der Waals surface area (Å²) in [6.45, 7) is 4.47. The Morgan fingerprint density at radius 1 is 1.33 bits per heavy atom. The van der Waals surface area contributed by atoms with Crippen molar-refractivity contribution in [3.63, 3.8) is 0 Å². The van der Waals surface area contributed by atoms with E-state index in [1.54, 1.807) is 0 Å². The van der Waals surface area contributed by atoms with Gasteiger partial charge in [0.2, 0.25) is 0 Å². The summed E-state index contributed by atoms with van der Waals surface area (Å²) in [6.07, 6.45) is 3.64. The van der Waals surface area contributed by atoms with E-state index in [9.17, 15) is 9.59 Å². The third-order valence-electron chi connectivity index (χ3n) is 4.49. The first-order valence-electron chi connectivity index (χ1n) is 7.28. The molecule has 21 heavy (non-hydrogen) atoms. The largest absolute Gasteiger partial charge is 0.464 e. The number of nitrogens with one attached hydrogen (secondary N) is 1. The average molecular weight is 285 g/mol. The van der Waals surface area contributed by atoms with E-state index >= 15 is 0 Å². The standard InChI is InChI=1S/C17H19NO3/c1-10-3-4-11(2)15(5-10)18-17(20)14-7-12-6-13(14)16(8-12)21-9-19/h3-5,7,9,12-13,16H,6,8H2,1-2H3,(H,18,20). The molecule has 1 aromatic rings. The van der Waals surface area contributed by atoms with Gasteiger partial charge in [-0.2, -0.15) is 0 Å². The van der Waals surface area contributed by atoms with Crippen LogP contribution in [0.1, 0.15) is 24.0 Å². The van der Waals surface area contributed by atoms with Gasteiger partial charge < -0.3 is 10.1 Å². The lowest BCUT2D eigenvalue weighted by molar-refractivity contribution is -0.135. The Morgan fingerprint density at radius 2 is 2.14 bits per heavy atom. The second kappa shape index (κ2) is 5.35. The molecule has 4 heteroatoms. The van der Waals surface area contributed by atoms with Crippen molar-refractivity contribution >= 4 is 18.1 Å². The molecule has 1 N–H and O–H groups in total. The summed E-state index contributed by atoms with van der Waals surface area (Å²) in [5, 5.41) is 2.99. The molecule has 110 valence electrons. The quantitative estimate of drug-likeness (QED) is 0.865. The molecule has 0 saturated heterocycles. The molecule has 0 aromatic heterocycles. The van der Waals surface area contributed by atoms with Crippen LogP contribution in [-0.4, -0.2) is 18.5 Å². The number of fused-ring (bicyclic) bond motifs is 2. The summed E-state index contributed by atoms with van der Waals surface area (Å²) in [6, 6.07) is 5.99.